The highest BCUT2D eigenvalue weighted by molar-refractivity contribution is 6.07. The molecule has 1 aliphatic rings. The number of carbonyl (C=O) groups excluding carboxylic acids is 1. The minimum atomic E-state index is -1.08. The van der Waals surface area contributed by atoms with Crippen molar-refractivity contribution in [3.8, 4) is 11.5 Å². The fourth-order valence-corrected chi connectivity index (χ4v) is 2.15. The van der Waals surface area contributed by atoms with Crippen LogP contribution in [0.2, 0.25) is 0 Å². The number of carboxylic acid groups (broad SMARTS) is 1. The molecule has 1 atom stereocenters. The van der Waals surface area contributed by atoms with E-state index in [9.17, 15) is 9.59 Å². The van der Waals surface area contributed by atoms with Crippen molar-refractivity contribution in [3.63, 3.8) is 0 Å². The number of ether oxygens (including phenoxy) is 2. The quantitative estimate of drug-likeness (QED) is 0.853. The summed E-state index contributed by atoms with van der Waals surface area (Å²) in [7, 11) is 2.99. The van der Waals surface area contributed by atoms with E-state index >= 15 is 0 Å². The van der Waals surface area contributed by atoms with Crippen molar-refractivity contribution >= 4 is 23.3 Å². The number of aliphatic carboxylic acids is 1. The third-order valence-electron chi connectivity index (χ3n) is 3.09. The number of hydrogen-bond acceptors (Lipinski definition) is 5. The Morgan fingerprint density at radius 2 is 1.95 bits per heavy atom. The summed E-state index contributed by atoms with van der Waals surface area (Å²) in [6, 6.07) is 2.78. The molecule has 108 valence electrons. The third-order valence-corrected chi connectivity index (χ3v) is 3.09. The summed E-state index contributed by atoms with van der Waals surface area (Å²) in [5, 5.41) is 12.0. The van der Waals surface area contributed by atoms with Gasteiger partial charge in [0, 0.05) is 12.1 Å². The molecule has 1 amide bonds. The number of methoxy groups -OCH3 is 2. The predicted molar refractivity (Wildman–Crippen MR) is 72.6 cm³/mol. The molecule has 1 heterocycles. The van der Waals surface area contributed by atoms with Crippen LogP contribution in [0.15, 0.2) is 12.1 Å². The topological polar surface area (TPSA) is 88.1 Å². The predicted octanol–water partition coefficient (Wildman–Crippen LogP) is 0.935. The first-order valence-electron chi connectivity index (χ1n) is 6.03. The number of anilines is 2. The number of carbonyl (C=O) groups is 2. The monoisotopic (exact) mass is 280 g/mol. The second-order valence-electron chi connectivity index (χ2n) is 4.41. The second-order valence-corrected chi connectivity index (χ2v) is 4.41. The van der Waals surface area contributed by atoms with Gasteiger partial charge in [-0.05, 0) is 6.92 Å². The highest BCUT2D eigenvalue weighted by atomic mass is 16.5. The molecule has 1 aromatic carbocycles. The Kier molecular flexibility index (Phi) is 3.69. The lowest BCUT2D eigenvalue weighted by molar-refractivity contribution is -0.136. The summed E-state index contributed by atoms with van der Waals surface area (Å²) >= 11 is 0. The van der Waals surface area contributed by atoms with Gasteiger partial charge in [-0.25, -0.2) is 0 Å². The average Bonchev–Trinajstić information content (AvgIpc) is 2.42. The van der Waals surface area contributed by atoms with Crippen molar-refractivity contribution in [2.45, 2.75) is 13.0 Å². The number of nitrogens with zero attached hydrogens (tertiary/aromatic N) is 1. The van der Waals surface area contributed by atoms with Crippen LogP contribution in [-0.2, 0) is 9.59 Å². The van der Waals surface area contributed by atoms with Crippen LogP contribution in [0.3, 0.4) is 0 Å². The van der Waals surface area contributed by atoms with Crippen molar-refractivity contribution in [3.05, 3.63) is 12.1 Å². The standard InChI is InChI=1S/C13H16N2O5/c1-7-13(18)15(6-12(16)17)9-5-11(20-3)10(19-2)4-8(9)14-7/h4-5,7,14H,6H2,1-3H3,(H,16,17). The highest BCUT2D eigenvalue weighted by Gasteiger charge is 2.32. The van der Waals surface area contributed by atoms with Gasteiger partial charge in [0.05, 0.1) is 25.6 Å². The molecule has 0 saturated heterocycles. The zero-order chi connectivity index (χ0) is 14.9. The Bertz CT molecular complexity index is 558. The zero-order valence-corrected chi connectivity index (χ0v) is 11.5. The molecule has 1 aliphatic heterocycles. The smallest absolute Gasteiger partial charge is 0.323 e. The van der Waals surface area contributed by atoms with Crippen LogP contribution in [0.4, 0.5) is 11.4 Å². The van der Waals surface area contributed by atoms with Gasteiger partial charge in [0.25, 0.3) is 0 Å². The van der Waals surface area contributed by atoms with Gasteiger partial charge in [0.1, 0.15) is 12.6 Å². The largest absolute Gasteiger partial charge is 0.493 e. The highest BCUT2D eigenvalue weighted by Crippen LogP contribution is 2.40. The lowest BCUT2D eigenvalue weighted by Gasteiger charge is -2.33. The Morgan fingerprint density at radius 3 is 2.50 bits per heavy atom. The summed E-state index contributed by atoms with van der Waals surface area (Å²) in [5.41, 5.74) is 1.10. The van der Waals surface area contributed by atoms with Crippen molar-refractivity contribution in [1.29, 1.82) is 0 Å². The minimum absolute atomic E-state index is 0.299. The van der Waals surface area contributed by atoms with Gasteiger partial charge in [-0.15, -0.1) is 0 Å². The van der Waals surface area contributed by atoms with E-state index in [1.165, 1.54) is 19.1 Å². The first kappa shape index (κ1) is 14.0. The maximum absolute atomic E-state index is 12.1. The molecule has 0 aromatic heterocycles. The molecule has 0 bridgehead atoms. The molecular weight excluding hydrogens is 264 g/mol. The number of fused-ring (bicyclic) bond motifs is 1. The second kappa shape index (κ2) is 5.28. The normalized spacial score (nSPS) is 17.2. The number of rotatable bonds is 4. The Labute approximate surface area is 116 Å². The average molecular weight is 280 g/mol. The summed E-state index contributed by atoms with van der Waals surface area (Å²) in [6.07, 6.45) is 0. The van der Waals surface area contributed by atoms with Crippen molar-refractivity contribution < 1.29 is 24.2 Å². The lowest BCUT2D eigenvalue weighted by Crippen LogP contribution is -2.47. The van der Waals surface area contributed by atoms with Crippen LogP contribution >= 0.6 is 0 Å². The van der Waals surface area contributed by atoms with E-state index in [2.05, 4.69) is 5.32 Å². The maximum atomic E-state index is 12.1. The molecule has 0 radical (unpaired) electrons. The first-order valence-corrected chi connectivity index (χ1v) is 6.03. The van der Waals surface area contributed by atoms with Gasteiger partial charge in [0.2, 0.25) is 5.91 Å². The van der Waals surface area contributed by atoms with Crippen molar-refractivity contribution in [2.24, 2.45) is 0 Å². The van der Waals surface area contributed by atoms with Gasteiger partial charge < -0.3 is 19.9 Å². The van der Waals surface area contributed by atoms with Crippen LogP contribution in [0.1, 0.15) is 6.92 Å². The van der Waals surface area contributed by atoms with Crippen LogP contribution in [0, 0.1) is 0 Å². The van der Waals surface area contributed by atoms with Crippen molar-refractivity contribution in [2.75, 3.05) is 31.0 Å². The molecule has 2 N–H and O–H groups in total. The number of amides is 1. The SMILES string of the molecule is COc1cc2c(cc1OC)N(CC(=O)O)C(=O)C(C)N2. The van der Waals surface area contributed by atoms with E-state index in [4.69, 9.17) is 14.6 Å². The summed E-state index contributed by atoms with van der Waals surface area (Å²) in [5.74, 6) is -0.429. The van der Waals surface area contributed by atoms with Gasteiger partial charge in [-0.1, -0.05) is 0 Å². The fourth-order valence-electron chi connectivity index (χ4n) is 2.15. The van der Waals surface area contributed by atoms with E-state index < -0.39 is 18.6 Å². The molecule has 0 aliphatic carbocycles. The molecular formula is C13H16N2O5. The Balaban J connectivity index is 2.53. The number of nitrogens with one attached hydrogen (secondary N) is 1. The number of hydrogen-bond donors (Lipinski definition) is 2. The first-order chi connectivity index (χ1) is 9.47. The van der Waals surface area contributed by atoms with Gasteiger partial charge in [-0.3, -0.25) is 14.5 Å². The summed E-state index contributed by atoms with van der Waals surface area (Å²) < 4.78 is 10.4. The van der Waals surface area contributed by atoms with Gasteiger partial charge in [0.15, 0.2) is 11.5 Å². The molecule has 0 saturated carbocycles. The number of carboxylic acids is 1. The van der Waals surface area contributed by atoms with Gasteiger partial charge >= 0.3 is 5.97 Å². The van der Waals surface area contributed by atoms with E-state index in [1.807, 2.05) is 0 Å². The van der Waals surface area contributed by atoms with Crippen LogP contribution in [-0.4, -0.2) is 43.8 Å². The van der Waals surface area contributed by atoms with Crippen LogP contribution in [0.5, 0.6) is 11.5 Å². The van der Waals surface area contributed by atoms with E-state index in [-0.39, 0.29) is 5.91 Å². The molecule has 0 fully saturated rings. The summed E-state index contributed by atoms with van der Waals surface area (Å²) in [6.45, 7) is 1.28. The minimum Gasteiger partial charge on any atom is -0.493 e. The Morgan fingerprint density at radius 1 is 1.35 bits per heavy atom. The van der Waals surface area contributed by atoms with E-state index in [1.54, 1.807) is 19.1 Å². The van der Waals surface area contributed by atoms with E-state index in [0.29, 0.717) is 22.9 Å². The molecule has 0 spiro atoms. The lowest BCUT2D eigenvalue weighted by atomic mass is 10.1. The van der Waals surface area contributed by atoms with E-state index in [0.717, 1.165) is 0 Å². The summed E-state index contributed by atoms with van der Waals surface area (Å²) in [4.78, 5) is 24.3. The number of benzene rings is 1. The van der Waals surface area contributed by atoms with Crippen LogP contribution in [0.25, 0.3) is 0 Å². The third kappa shape index (κ3) is 2.34. The molecule has 7 heteroatoms. The fraction of sp³-hybridized carbons (Fsp3) is 0.385. The Hall–Kier alpha value is -2.44. The zero-order valence-electron chi connectivity index (χ0n) is 11.5. The molecule has 2 rings (SSSR count). The maximum Gasteiger partial charge on any atom is 0.323 e. The van der Waals surface area contributed by atoms with Gasteiger partial charge in [-0.2, -0.15) is 0 Å². The van der Waals surface area contributed by atoms with Crippen molar-refractivity contribution in [1.82, 2.24) is 0 Å². The molecule has 7 nitrogen and oxygen atoms in total. The molecule has 1 aromatic rings. The van der Waals surface area contributed by atoms with Crippen LogP contribution < -0.4 is 19.7 Å². The molecule has 1 unspecified atom stereocenters. The molecule has 20 heavy (non-hydrogen) atoms.